The summed E-state index contributed by atoms with van der Waals surface area (Å²) in [6, 6.07) is 6.38. The molecule has 4 heteroatoms. The maximum absolute atomic E-state index is 13.8. The summed E-state index contributed by atoms with van der Waals surface area (Å²) in [4.78, 5) is 19.3. The molecule has 3 aromatic rings. The summed E-state index contributed by atoms with van der Waals surface area (Å²) in [5.41, 5.74) is 2.11. The number of hydrogen-bond acceptors (Lipinski definition) is 2. The van der Waals surface area contributed by atoms with E-state index in [1.165, 1.54) is 12.1 Å². The summed E-state index contributed by atoms with van der Waals surface area (Å²) in [6.45, 7) is 1.78. The van der Waals surface area contributed by atoms with Gasteiger partial charge in [0.1, 0.15) is 5.82 Å². The highest BCUT2D eigenvalue weighted by molar-refractivity contribution is 6.16. The first-order valence-electron chi connectivity index (χ1n) is 5.89. The summed E-state index contributed by atoms with van der Waals surface area (Å²) in [7, 11) is 0. The summed E-state index contributed by atoms with van der Waals surface area (Å²) < 4.78 is 13.8. The zero-order chi connectivity index (χ0) is 13.4. The molecule has 1 N–H and O–H groups in total. The van der Waals surface area contributed by atoms with E-state index < -0.39 is 5.82 Å². The molecule has 0 amide bonds. The molecule has 0 aliphatic heterocycles. The maximum Gasteiger partial charge on any atom is 0.198 e. The largest absolute Gasteiger partial charge is 0.360 e. The van der Waals surface area contributed by atoms with Crippen LogP contribution in [0, 0.1) is 12.7 Å². The van der Waals surface area contributed by atoms with Gasteiger partial charge in [0.05, 0.1) is 5.56 Å². The second-order valence-corrected chi connectivity index (χ2v) is 4.44. The van der Waals surface area contributed by atoms with Gasteiger partial charge in [-0.2, -0.15) is 0 Å². The van der Waals surface area contributed by atoms with Gasteiger partial charge in [0.25, 0.3) is 0 Å². The Morgan fingerprint density at radius 3 is 2.89 bits per heavy atom. The van der Waals surface area contributed by atoms with Crippen molar-refractivity contribution in [3.8, 4) is 0 Å². The summed E-state index contributed by atoms with van der Waals surface area (Å²) in [5.74, 6) is -0.833. The molecular formula is C15H11FN2O. The Balaban J connectivity index is 2.13. The van der Waals surface area contributed by atoms with Gasteiger partial charge in [0.2, 0.25) is 0 Å². The molecule has 0 spiro atoms. The number of rotatable bonds is 2. The van der Waals surface area contributed by atoms with E-state index >= 15 is 0 Å². The molecule has 0 bridgehead atoms. The normalized spacial score (nSPS) is 10.8. The van der Waals surface area contributed by atoms with Crippen molar-refractivity contribution in [3.05, 3.63) is 65.4 Å². The molecule has 19 heavy (non-hydrogen) atoms. The Morgan fingerprint density at radius 2 is 2.11 bits per heavy atom. The molecule has 0 aliphatic carbocycles. The number of nitrogens with one attached hydrogen (secondary N) is 1. The van der Waals surface area contributed by atoms with Crippen LogP contribution in [-0.4, -0.2) is 15.8 Å². The minimum absolute atomic E-state index is 0.0790. The number of aromatic nitrogens is 2. The topological polar surface area (TPSA) is 45.8 Å². The number of aryl methyl sites for hydroxylation is 1. The van der Waals surface area contributed by atoms with E-state index in [9.17, 15) is 9.18 Å². The number of carbonyl (C=O) groups excluding carboxylic acids is 1. The predicted molar refractivity (Wildman–Crippen MR) is 70.7 cm³/mol. The van der Waals surface area contributed by atoms with Gasteiger partial charge < -0.3 is 4.98 Å². The van der Waals surface area contributed by atoms with Crippen molar-refractivity contribution in [3.63, 3.8) is 0 Å². The van der Waals surface area contributed by atoms with Crippen molar-refractivity contribution >= 4 is 16.7 Å². The van der Waals surface area contributed by atoms with E-state index in [1.54, 1.807) is 37.6 Å². The van der Waals surface area contributed by atoms with Gasteiger partial charge in [0, 0.05) is 35.1 Å². The molecule has 2 aromatic heterocycles. The lowest BCUT2D eigenvalue weighted by Gasteiger charge is -2.02. The molecule has 0 saturated carbocycles. The van der Waals surface area contributed by atoms with Crippen LogP contribution in [0.25, 0.3) is 10.9 Å². The zero-order valence-corrected chi connectivity index (χ0v) is 10.3. The van der Waals surface area contributed by atoms with Crippen LogP contribution < -0.4 is 0 Å². The summed E-state index contributed by atoms with van der Waals surface area (Å²) in [5, 5.41) is 0.701. The quantitative estimate of drug-likeness (QED) is 0.713. The smallest absolute Gasteiger partial charge is 0.198 e. The van der Waals surface area contributed by atoms with Gasteiger partial charge in [-0.05, 0) is 30.7 Å². The Bertz CT molecular complexity index is 777. The lowest BCUT2D eigenvalue weighted by Crippen LogP contribution is -2.03. The average Bonchev–Trinajstić information content (AvgIpc) is 2.82. The van der Waals surface area contributed by atoms with Gasteiger partial charge in [-0.15, -0.1) is 0 Å². The number of benzene rings is 1. The van der Waals surface area contributed by atoms with E-state index in [1.807, 2.05) is 0 Å². The van der Waals surface area contributed by atoms with Crippen LogP contribution in [0.5, 0.6) is 0 Å². The number of carbonyl (C=O) groups is 1. The number of pyridine rings is 1. The molecule has 3 nitrogen and oxygen atoms in total. The van der Waals surface area contributed by atoms with Crippen molar-refractivity contribution in [2.24, 2.45) is 0 Å². The summed E-state index contributed by atoms with van der Waals surface area (Å²) >= 11 is 0. The van der Waals surface area contributed by atoms with Crippen LogP contribution >= 0.6 is 0 Å². The van der Waals surface area contributed by atoms with Gasteiger partial charge >= 0.3 is 0 Å². The minimum Gasteiger partial charge on any atom is -0.360 e. The van der Waals surface area contributed by atoms with E-state index in [0.29, 0.717) is 10.9 Å². The highest BCUT2D eigenvalue weighted by Gasteiger charge is 2.17. The van der Waals surface area contributed by atoms with Crippen LogP contribution in [0.1, 0.15) is 21.5 Å². The predicted octanol–water partition coefficient (Wildman–Crippen LogP) is 3.24. The Kier molecular flexibility index (Phi) is 2.63. The fourth-order valence-electron chi connectivity index (χ4n) is 2.10. The van der Waals surface area contributed by atoms with Crippen molar-refractivity contribution in [1.82, 2.24) is 9.97 Å². The van der Waals surface area contributed by atoms with Crippen LogP contribution in [0.4, 0.5) is 4.39 Å². The highest BCUT2D eigenvalue weighted by atomic mass is 19.1. The average molecular weight is 254 g/mol. The van der Waals surface area contributed by atoms with E-state index in [-0.39, 0.29) is 11.3 Å². The molecule has 1 aromatic carbocycles. The molecule has 94 valence electrons. The molecule has 3 rings (SSSR count). The number of halogens is 1. The molecule has 0 unspecified atom stereocenters. The Labute approximate surface area is 109 Å². The standard InChI is InChI=1S/C15H11FN2O/c1-9-2-3-10(13(16)6-9)15(19)12-8-18-14-4-5-17-7-11(12)14/h2-8,18H,1H3. The van der Waals surface area contributed by atoms with Crippen molar-refractivity contribution in [1.29, 1.82) is 0 Å². The number of H-pyrrole nitrogens is 1. The van der Waals surface area contributed by atoms with Crippen LogP contribution in [-0.2, 0) is 0 Å². The number of hydrogen-bond donors (Lipinski definition) is 1. The second kappa shape index (κ2) is 4.31. The zero-order valence-electron chi connectivity index (χ0n) is 10.3. The monoisotopic (exact) mass is 254 g/mol. The third kappa shape index (κ3) is 1.91. The first-order valence-corrected chi connectivity index (χ1v) is 5.89. The summed E-state index contributed by atoms with van der Waals surface area (Å²) in [6.07, 6.45) is 4.83. The fraction of sp³-hybridized carbons (Fsp3) is 0.0667. The maximum atomic E-state index is 13.8. The van der Waals surface area contributed by atoms with Gasteiger partial charge in [-0.25, -0.2) is 4.39 Å². The molecule has 0 atom stereocenters. The van der Waals surface area contributed by atoms with Crippen molar-refractivity contribution in [2.45, 2.75) is 6.92 Å². The minimum atomic E-state index is -0.497. The number of aromatic amines is 1. The second-order valence-electron chi connectivity index (χ2n) is 4.44. The number of fused-ring (bicyclic) bond motifs is 1. The Hall–Kier alpha value is -2.49. The molecule has 0 fully saturated rings. The first kappa shape index (κ1) is 11.6. The number of ketones is 1. The SMILES string of the molecule is Cc1ccc(C(=O)c2c[nH]c3ccncc23)c(F)c1. The number of nitrogens with zero attached hydrogens (tertiary/aromatic N) is 1. The third-order valence-corrected chi connectivity index (χ3v) is 3.10. The van der Waals surface area contributed by atoms with Crippen molar-refractivity contribution in [2.75, 3.05) is 0 Å². The molecule has 0 radical (unpaired) electrons. The first-order chi connectivity index (χ1) is 9.16. The molecular weight excluding hydrogens is 243 g/mol. The molecule has 2 heterocycles. The van der Waals surface area contributed by atoms with Crippen LogP contribution in [0.2, 0.25) is 0 Å². The highest BCUT2D eigenvalue weighted by Crippen LogP contribution is 2.21. The lowest BCUT2D eigenvalue weighted by atomic mass is 10.0. The fourth-order valence-corrected chi connectivity index (χ4v) is 2.10. The van der Waals surface area contributed by atoms with E-state index in [4.69, 9.17) is 0 Å². The van der Waals surface area contributed by atoms with Gasteiger partial charge in [0.15, 0.2) is 5.78 Å². The third-order valence-electron chi connectivity index (χ3n) is 3.10. The lowest BCUT2D eigenvalue weighted by molar-refractivity contribution is 0.103. The van der Waals surface area contributed by atoms with Crippen LogP contribution in [0.15, 0.2) is 42.9 Å². The Morgan fingerprint density at radius 1 is 1.26 bits per heavy atom. The molecule has 0 aliphatic rings. The molecule has 0 saturated heterocycles. The van der Waals surface area contributed by atoms with Crippen LogP contribution in [0.3, 0.4) is 0 Å². The van der Waals surface area contributed by atoms with Gasteiger partial charge in [-0.1, -0.05) is 6.07 Å². The van der Waals surface area contributed by atoms with Crippen molar-refractivity contribution < 1.29 is 9.18 Å². The van der Waals surface area contributed by atoms with E-state index in [0.717, 1.165) is 11.1 Å². The van der Waals surface area contributed by atoms with E-state index in [2.05, 4.69) is 9.97 Å². The van der Waals surface area contributed by atoms with Gasteiger partial charge in [-0.3, -0.25) is 9.78 Å².